The van der Waals surface area contributed by atoms with Gasteiger partial charge < -0.3 is 19.7 Å². The number of allylic oxidation sites excluding steroid dienone is 1. The summed E-state index contributed by atoms with van der Waals surface area (Å²) >= 11 is 0. The number of fused-ring (bicyclic) bond motifs is 5. The smallest absolute Gasteiger partial charge is 0.169 e. The maximum absolute atomic E-state index is 11.5. The summed E-state index contributed by atoms with van der Waals surface area (Å²) in [7, 11) is 1.97. The van der Waals surface area contributed by atoms with Gasteiger partial charge in [-0.1, -0.05) is 25.5 Å². The SMILES string of the molecule is B[C@]1(O)CCC2(C)C(=CCC3C2C(O)CC2(C)C3CCC2C2(C)OCCO2)C1. The zero-order valence-electron chi connectivity index (χ0n) is 18.0. The summed E-state index contributed by atoms with van der Waals surface area (Å²) < 4.78 is 12.2. The van der Waals surface area contributed by atoms with Crippen LogP contribution >= 0.6 is 0 Å². The molecule has 5 rings (SSSR count). The summed E-state index contributed by atoms with van der Waals surface area (Å²) in [5, 5.41) is 22.2. The molecule has 1 saturated heterocycles. The van der Waals surface area contributed by atoms with Gasteiger partial charge in [-0.05, 0) is 80.5 Å². The van der Waals surface area contributed by atoms with Gasteiger partial charge in [0.1, 0.15) is 7.85 Å². The number of aliphatic hydroxyl groups is 2. The van der Waals surface area contributed by atoms with Gasteiger partial charge in [-0.2, -0.15) is 0 Å². The predicted molar refractivity (Wildman–Crippen MR) is 110 cm³/mol. The molecule has 5 aliphatic rings. The Bertz CT molecular complexity index is 684. The summed E-state index contributed by atoms with van der Waals surface area (Å²) in [6, 6.07) is 0. The van der Waals surface area contributed by atoms with Crippen LogP contribution in [0.5, 0.6) is 0 Å². The molecule has 0 aromatic carbocycles. The third-order valence-electron chi connectivity index (χ3n) is 9.80. The second-order valence-corrected chi connectivity index (χ2v) is 11.5. The highest BCUT2D eigenvalue weighted by Gasteiger charge is 2.65. The minimum Gasteiger partial charge on any atom is -0.399 e. The van der Waals surface area contributed by atoms with E-state index in [1.54, 1.807) is 0 Å². The molecule has 0 bridgehead atoms. The maximum Gasteiger partial charge on any atom is 0.169 e. The molecular weight excluding hydrogens is 351 g/mol. The van der Waals surface area contributed by atoms with Gasteiger partial charge >= 0.3 is 0 Å². The first-order chi connectivity index (χ1) is 13.1. The first-order valence-corrected chi connectivity index (χ1v) is 11.5. The quantitative estimate of drug-likeness (QED) is 0.536. The minimum atomic E-state index is -0.587. The van der Waals surface area contributed by atoms with Crippen molar-refractivity contribution in [3.05, 3.63) is 11.6 Å². The number of aliphatic hydroxyl groups excluding tert-OH is 1. The van der Waals surface area contributed by atoms with Crippen LogP contribution in [0.3, 0.4) is 0 Å². The van der Waals surface area contributed by atoms with E-state index in [1.165, 1.54) is 12.0 Å². The molecule has 28 heavy (non-hydrogen) atoms. The van der Waals surface area contributed by atoms with Crippen molar-refractivity contribution in [2.75, 3.05) is 13.2 Å². The number of ether oxygens (including phenoxy) is 2. The highest BCUT2D eigenvalue weighted by molar-refractivity contribution is 6.14. The van der Waals surface area contributed by atoms with Crippen LogP contribution in [0.25, 0.3) is 0 Å². The summed E-state index contributed by atoms with van der Waals surface area (Å²) in [5.41, 5.74) is 0.920. The molecule has 8 atom stereocenters. The third kappa shape index (κ3) is 2.58. The van der Waals surface area contributed by atoms with Crippen molar-refractivity contribution < 1.29 is 19.7 Å². The molecule has 4 aliphatic carbocycles. The topological polar surface area (TPSA) is 58.9 Å². The average molecular weight is 388 g/mol. The first-order valence-electron chi connectivity index (χ1n) is 11.5. The van der Waals surface area contributed by atoms with E-state index < -0.39 is 11.3 Å². The van der Waals surface area contributed by atoms with E-state index in [4.69, 9.17) is 9.47 Å². The molecule has 1 heterocycles. The number of hydrogen-bond acceptors (Lipinski definition) is 4. The van der Waals surface area contributed by atoms with Crippen molar-refractivity contribution in [3.63, 3.8) is 0 Å². The molecule has 4 nitrogen and oxygen atoms in total. The van der Waals surface area contributed by atoms with Gasteiger partial charge in [0.15, 0.2) is 5.79 Å². The van der Waals surface area contributed by atoms with Crippen LogP contribution in [-0.2, 0) is 9.47 Å². The van der Waals surface area contributed by atoms with E-state index >= 15 is 0 Å². The zero-order valence-corrected chi connectivity index (χ0v) is 18.0. The number of hydrogen-bond donors (Lipinski definition) is 2. The Morgan fingerprint density at radius 2 is 1.82 bits per heavy atom. The molecule has 7 unspecified atom stereocenters. The Balaban J connectivity index is 1.49. The van der Waals surface area contributed by atoms with Gasteiger partial charge in [0, 0.05) is 11.4 Å². The molecule has 4 fully saturated rings. The Hall–Kier alpha value is -0.355. The molecule has 3 saturated carbocycles. The molecule has 0 aromatic heterocycles. The highest BCUT2D eigenvalue weighted by Crippen LogP contribution is 2.68. The van der Waals surface area contributed by atoms with Crippen LogP contribution in [0.15, 0.2) is 11.6 Å². The van der Waals surface area contributed by atoms with Gasteiger partial charge in [-0.3, -0.25) is 0 Å². The fraction of sp³-hybridized carbons (Fsp3) is 0.913. The summed E-state index contributed by atoms with van der Waals surface area (Å²) in [5.74, 6) is 1.33. The van der Waals surface area contributed by atoms with Crippen molar-refractivity contribution in [2.45, 2.75) is 83.1 Å². The highest BCUT2D eigenvalue weighted by atomic mass is 16.7. The van der Waals surface area contributed by atoms with E-state index in [-0.39, 0.29) is 16.9 Å². The molecule has 0 radical (unpaired) electrons. The monoisotopic (exact) mass is 388 g/mol. The molecule has 156 valence electrons. The first kappa shape index (κ1) is 19.6. The van der Waals surface area contributed by atoms with Crippen LogP contribution in [0.1, 0.15) is 65.7 Å². The van der Waals surface area contributed by atoms with E-state index in [9.17, 15) is 10.2 Å². The van der Waals surface area contributed by atoms with Crippen molar-refractivity contribution in [1.29, 1.82) is 0 Å². The Kier molecular flexibility index (Phi) is 4.26. The van der Waals surface area contributed by atoms with Crippen molar-refractivity contribution in [3.8, 4) is 0 Å². The standard InChI is InChI=1S/C23H37BO4/c1-20-8-9-23(24,26)12-14(20)4-5-15-16-6-7-18(22(3)27-10-11-28-22)21(16,2)13-17(25)19(15)20/h4,15-19,25-26H,5-13,24H2,1-3H3/t15?,16?,17?,18?,19?,20?,21?,23-/m0/s1. The van der Waals surface area contributed by atoms with E-state index in [1.807, 2.05) is 7.85 Å². The molecule has 1 aliphatic heterocycles. The fourth-order valence-corrected chi connectivity index (χ4v) is 8.53. The van der Waals surface area contributed by atoms with Crippen molar-refractivity contribution in [1.82, 2.24) is 0 Å². The molecule has 0 amide bonds. The summed E-state index contributed by atoms with van der Waals surface area (Å²) in [6.45, 7) is 8.27. The normalized spacial score (nSPS) is 55.2. The number of rotatable bonds is 1. The van der Waals surface area contributed by atoms with Crippen LogP contribution in [0.4, 0.5) is 0 Å². The van der Waals surface area contributed by atoms with Gasteiger partial charge in [0.25, 0.3) is 0 Å². The van der Waals surface area contributed by atoms with E-state index in [0.29, 0.717) is 36.9 Å². The second kappa shape index (κ2) is 6.09. The van der Waals surface area contributed by atoms with Crippen LogP contribution < -0.4 is 0 Å². The second-order valence-electron chi connectivity index (χ2n) is 11.5. The summed E-state index contributed by atoms with van der Waals surface area (Å²) in [6.07, 6.45) is 8.99. The lowest BCUT2D eigenvalue weighted by atomic mass is 9.44. The molecule has 5 heteroatoms. The van der Waals surface area contributed by atoms with Gasteiger partial charge in [-0.25, -0.2) is 0 Å². The Labute approximate surface area is 170 Å². The molecule has 0 aromatic rings. The Morgan fingerprint density at radius 1 is 1.11 bits per heavy atom. The summed E-state index contributed by atoms with van der Waals surface area (Å²) in [4.78, 5) is 0. The molecule has 0 spiro atoms. The lowest BCUT2D eigenvalue weighted by Crippen LogP contribution is -2.59. The Morgan fingerprint density at radius 3 is 2.54 bits per heavy atom. The van der Waals surface area contributed by atoms with Crippen molar-refractivity contribution in [2.24, 2.45) is 34.5 Å². The predicted octanol–water partition coefficient (Wildman–Crippen LogP) is 2.62. The van der Waals surface area contributed by atoms with Crippen molar-refractivity contribution >= 4 is 7.85 Å². The van der Waals surface area contributed by atoms with Crippen LogP contribution in [-0.4, -0.2) is 48.7 Å². The van der Waals surface area contributed by atoms with Gasteiger partial charge in [0.2, 0.25) is 0 Å². The lowest BCUT2D eigenvalue weighted by molar-refractivity contribution is -0.223. The van der Waals surface area contributed by atoms with Gasteiger partial charge in [-0.15, -0.1) is 0 Å². The largest absolute Gasteiger partial charge is 0.399 e. The molecular formula is C23H37BO4. The van der Waals surface area contributed by atoms with Crippen LogP contribution in [0, 0.1) is 34.5 Å². The minimum absolute atomic E-state index is 0.0360. The van der Waals surface area contributed by atoms with Gasteiger partial charge in [0.05, 0.1) is 19.3 Å². The van der Waals surface area contributed by atoms with Crippen LogP contribution in [0.2, 0.25) is 0 Å². The van der Waals surface area contributed by atoms with E-state index in [2.05, 4.69) is 26.8 Å². The third-order valence-corrected chi connectivity index (χ3v) is 9.80. The van der Waals surface area contributed by atoms with E-state index in [0.717, 1.165) is 38.5 Å². The maximum atomic E-state index is 11.5. The lowest BCUT2D eigenvalue weighted by Gasteiger charge is -2.61. The average Bonchev–Trinajstić information content (AvgIpc) is 3.19. The molecule has 2 N–H and O–H groups in total. The fourth-order valence-electron chi connectivity index (χ4n) is 8.53. The zero-order chi connectivity index (χ0) is 19.9.